The molecule has 1 saturated carbocycles. The standard InChI is InChI=1S/C16H25FN2O/c17-16-7-6-13(10-14(16)11-18)12-19(8-9-20)15-4-2-1-3-5-15/h6-7,10,15,20H,1-5,8-9,11-12,18H2. The molecule has 0 radical (unpaired) electrons. The van der Waals surface area contributed by atoms with Crippen LogP contribution in [0.5, 0.6) is 0 Å². The van der Waals surface area contributed by atoms with Gasteiger partial charge in [-0.2, -0.15) is 0 Å². The minimum absolute atomic E-state index is 0.168. The van der Waals surface area contributed by atoms with E-state index in [-0.39, 0.29) is 19.0 Å². The Morgan fingerprint density at radius 2 is 2.00 bits per heavy atom. The van der Waals surface area contributed by atoms with Crippen molar-refractivity contribution in [2.45, 2.75) is 51.2 Å². The van der Waals surface area contributed by atoms with Crippen LogP contribution in [0.3, 0.4) is 0 Å². The Balaban J connectivity index is 2.06. The van der Waals surface area contributed by atoms with Crippen molar-refractivity contribution in [3.8, 4) is 0 Å². The molecule has 0 unspecified atom stereocenters. The van der Waals surface area contributed by atoms with Gasteiger partial charge in [0.1, 0.15) is 5.82 Å². The highest BCUT2D eigenvalue weighted by atomic mass is 19.1. The van der Waals surface area contributed by atoms with Crippen LogP contribution in [0, 0.1) is 5.82 Å². The fourth-order valence-corrected chi connectivity index (χ4v) is 3.08. The molecule has 112 valence electrons. The average Bonchev–Trinajstić information content (AvgIpc) is 2.49. The summed E-state index contributed by atoms with van der Waals surface area (Å²) < 4.78 is 13.5. The van der Waals surface area contributed by atoms with Crippen LogP contribution in [0.1, 0.15) is 43.2 Å². The molecule has 1 aliphatic carbocycles. The van der Waals surface area contributed by atoms with Crippen molar-refractivity contribution >= 4 is 0 Å². The highest BCUT2D eigenvalue weighted by Crippen LogP contribution is 2.24. The molecule has 0 heterocycles. The first-order valence-corrected chi connectivity index (χ1v) is 7.57. The number of rotatable bonds is 6. The molecular formula is C16H25FN2O. The fraction of sp³-hybridized carbons (Fsp3) is 0.625. The van der Waals surface area contributed by atoms with Gasteiger partial charge in [-0.05, 0) is 24.5 Å². The summed E-state index contributed by atoms with van der Waals surface area (Å²) in [6.07, 6.45) is 6.25. The number of halogens is 1. The van der Waals surface area contributed by atoms with E-state index in [1.807, 2.05) is 12.1 Å². The van der Waals surface area contributed by atoms with Crippen LogP contribution < -0.4 is 5.73 Å². The Morgan fingerprint density at radius 3 is 2.65 bits per heavy atom. The number of aliphatic hydroxyl groups is 1. The van der Waals surface area contributed by atoms with Crippen molar-refractivity contribution in [3.05, 3.63) is 35.1 Å². The molecule has 1 aliphatic rings. The lowest BCUT2D eigenvalue weighted by Crippen LogP contribution is -2.38. The second kappa shape index (κ2) is 7.72. The molecule has 0 atom stereocenters. The Bertz CT molecular complexity index is 419. The van der Waals surface area contributed by atoms with Gasteiger partial charge in [-0.1, -0.05) is 31.4 Å². The predicted molar refractivity (Wildman–Crippen MR) is 78.7 cm³/mol. The summed E-state index contributed by atoms with van der Waals surface area (Å²) in [5.41, 5.74) is 7.20. The van der Waals surface area contributed by atoms with Gasteiger partial charge in [-0.3, -0.25) is 4.90 Å². The summed E-state index contributed by atoms with van der Waals surface area (Å²) in [4.78, 5) is 2.33. The predicted octanol–water partition coefficient (Wildman–Crippen LogP) is 2.41. The molecule has 0 aliphatic heterocycles. The van der Waals surface area contributed by atoms with E-state index in [0.717, 1.165) is 12.1 Å². The third kappa shape index (κ3) is 4.01. The molecule has 2 rings (SSSR count). The van der Waals surface area contributed by atoms with Crippen LogP contribution in [-0.4, -0.2) is 29.2 Å². The summed E-state index contributed by atoms with van der Waals surface area (Å²) in [5.74, 6) is -0.234. The third-order valence-electron chi connectivity index (χ3n) is 4.19. The molecule has 0 spiro atoms. The van der Waals surface area contributed by atoms with Gasteiger partial charge in [-0.25, -0.2) is 4.39 Å². The van der Waals surface area contributed by atoms with E-state index in [0.29, 0.717) is 18.2 Å². The normalized spacial score (nSPS) is 16.8. The van der Waals surface area contributed by atoms with Gasteiger partial charge in [-0.15, -0.1) is 0 Å². The molecule has 4 heteroatoms. The Kier molecular flexibility index (Phi) is 5.95. The van der Waals surface area contributed by atoms with Crippen LogP contribution in [0.2, 0.25) is 0 Å². The summed E-state index contributed by atoms with van der Waals surface area (Å²) in [5, 5.41) is 9.27. The Morgan fingerprint density at radius 1 is 1.25 bits per heavy atom. The van der Waals surface area contributed by atoms with Gasteiger partial charge in [0.25, 0.3) is 0 Å². The van der Waals surface area contributed by atoms with Gasteiger partial charge in [0.15, 0.2) is 0 Å². The SMILES string of the molecule is NCc1cc(CN(CCO)C2CCCCC2)ccc1F. The molecule has 3 nitrogen and oxygen atoms in total. The summed E-state index contributed by atoms with van der Waals surface area (Å²) in [6.45, 7) is 1.84. The lowest BCUT2D eigenvalue weighted by Gasteiger charge is -2.34. The molecule has 1 aromatic rings. The van der Waals surface area contributed by atoms with E-state index in [4.69, 9.17) is 5.73 Å². The van der Waals surface area contributed by atoms with E-state index in [1.165, 1.54) is 38.2 Å². The Labute approximate surface area is 120 Å². The van der Waals surface area contributed by atoms with Crippen LogP contribution in [0.15, 0.2) is 18.2 Å². The number of benzene rings is 1. The monoisotopic (exact) mass is 280 g/mol. The van der Waals surface area contributed by atoms with E-state index in [1.54, 1.807) is 0 Å². The lowest BCUT2D eigenvalue weighted by atomic mass is 9.93. The molecule has 1 aromatic carbocycles. The largest absolute Gasteiger partial charge is 0.395 e. The van der Waals surface area contributed by atoms with Crippen LogP contribution in [-0.2, 0) is 13.1 Å². The number of aliphatic hydroxyl groups excluding tert-OH is 1. The maximum atomic E-state index is 13.5. The Hall–Kier alpha value is -0.970. The van der Waals surface area contributed by atoms with Crippen molar-refractivity contribution in [2.75, 3.05) is 13.2 Å². The lowest BCUT2D eigenvalue weighted by molar-refractivity contribution is 0.117. The van der Waals surface area contributed by atoms with E-state index in [9.17, 15) is 9.50 Å². The maximum Gasteiger partial charge on any atom is 0.127 e. The zero-order chi connectivity index (χ0) is 14.4. The molecule has 1 fully saturated rings. The zero-order valence-electron chi connectivity index (χ0n) is 12.0. The minimum atomic E-state index is -0.234. The summed E-state index contributed by atoms with van der Waals surface area (Å²) in [6, 6.07) is 5.71. The van der Waals surface area contributed by atoms with Crippen LogP contribution in [0.4, 0.5) is 4.39 Å². The van der Waals surface area contributed by atoms with Crippen molar-refractivity contribution in [3.63, 3.8) is 0 Å². The fourth-order valence-electron chi connectivity index (χ4n) is 3.08. The molecule has 0 saturated heterocycles. The molecular weight excluding hydrogens is 255 g/mol. The van der Waals surface area contributed by atoms with E-state index < -0.39 is 0 Å². The molecule has 0 bridgehead atoms. The van der Waals surface area contributed by atoms with E-state index in [2.05, 4.69) is 4.90 Å². The highest BCUT2D eigenvalue weighted by Gasteiger charge is 2.21. The summed E-state index contributed by atoms with van der Waals surface area (Å²) >= 11 is 0. The topological polar surface area (TPSA) is 49.5 Å². The molecule has 0 amide bonds. The zero-order valence-corrected chi connectivity index (χ0v) is 12.0. The number of hydrogen-bond donors (Lipinski definition) is 2. The number of nitrogens with two attached hydrogens (primary N) is 1. The van der Waals surface area contributed by atoms with Gasteiger partial charge in [0, 0.05) is 31.2 Å². The molecule has 0 aromatic heterocycles. The smallest absolute Gasteiger partial charge is 0.127 e. The second-order valence-electron chi connectivity index (χ2n) is 5.62. The number of hydrogen-bond acceptors (Lipinski definition) is 3. The van der Waals surface area contributed by atoms with Crippen LogP contribution >= 0.6 is 0 Å². The first-order valence-electron chi connectivity index (χ1n) is 7.57. The number of nitrogens with zero attached hydrogens (tertiary/aromatic N) is 1. The minimum Gasteiger partial charge on any atom is -0.395 e. The van der Waals surface area contributed by atoms with Gasteiger partial charge in [0.2, 0.25) is 0 Å². The van der Waals surface area contributed by atoms with Crippen molar-refractivity contribution in [2.24, 2.45) is 5.73 Å². The van der Waals surface area contributed by atoms with Gasteiger partial charge < -0.3 is 10.8 Å². The molecule has 20 heavy (non-hydrogen) atoms. The van der Waals surface area contributed by atoms with Crippen molar-refractivity contribution < 1.29 is 9.50 Å². The maximum absolute atomic E-state index is 13.5. The highest BCUT2D eigenvalue weighted by molar-refractivity contribution is 5.25. The van der Waals surface area contributed by atoms with Crippen molar-refractivity contribution in [1.82, 2.24) is 4.90 Å². The average molecular weight is 280 g/mol. The second-order valence-corrected chi connectivity index (χ2v) is 5.62. The van der Waals surface area contributed by atoms with Crippen LogP contribution in [0.25, 0.3) is 0 Å². The van der Waals surface area contributed by atoms with Gasteiger partial charge >= 0.3 is 0 Å². The third-order valence-corrected chi connectivity index (χ3v) is 4.19. The van der Waals surface area contributed by atoms with E-state index >= 15 is 0 Å². The summed E-state index contributed by atoms with van der Waals surface area (Å²) in [7, 11) is 0. The first kappa shape index (κ1) is 15.4. The van der Waals surface area contributed by atoms with Gasteiger partial charge in [0.05, 0.1) is 6.61 Å². The first-order chi connectivity index (χ1) is 9.74. The quantitative estimate of drug-likeness (QED) is 0.841. The van der Waals surface area contributed by atoms with Crippen molar-refractivity contribution in [1.29, 1.82) is 0 Å². The molecule has 3 N–H and O–H groups in total.